The van der Waals surface area contributed by atoms with Gasteiger partial charge in [0.05, 0.1) is 0 Å². The largest absolute Gasteiger partial charge is 0.231 e. The molecule has 0 spiro atoms. The Morgan fingerprint density at radius 3 is 2.61 bits per heavy atom. The normalized spacial score (nSPS) is 11.2. The Hall–Kier alpha value is -1.26. The molecule has 1 aromatic carbocycles. The van der Waals surface area contributed by atoms with Gasteiger partial charge in [-0.05, 0) is 36.3 Å². The lowest BCUT2D eigenvalue weighted by molar-refractivity contribution is 0.631. The predicted octanol–water partition coefficient (Wildman–Crippen LogP) is 3.70. The molecular formula is C13H14ClFN2S. The smallest absolute Gasteiger partial charge is 0.158 e. The lowest BCUT2D eigenvalue weighted by Crippen LogP contribution is -1.87. The highest BCUT2D eigenvalue weighted by Crippen LogP contribution is 2.28. The van der Waals surface area contributed by atoms with Gasteiger partial charge in [0.25, 0.3) is 0 Å². The number of aromatic nitrogens is 1. The van der Waals surface area contributed by atoms with Gasteiger partial charge in [-0.1, -0.05) is 29.8 Å². The van der Waals surface area contributed by atoms with Crippen molar-refractivity contribution >= 4 is 28.1 Å². The molecule has 0 atom stereocenters. The Balaban J connectivity index is 2.56. The van der Waals surface area contributed by atoms with E-state index in [-0.39, 0.29) is 5.82 Å². The quantitative estimate of drug-likeness (QED) is 0.772. The van der Waals surface area contributed by atoms with E-state index in [9.17, 15) is 4.39 Å². The van der Waals surface area contributed by atoms with Crippen molar-refractivity contribution in [3.8, 4) is 11.1 Å². The molecular weight excluding hydrogens is 271 g/mol. The van der Waals surface area contributed by atoms with Crippen LogP contribution >= 0.6 is 11.6 Å². The third-order valence-corrected chi connectivity index (χ3v) is 3.17. The Labute approximate surface area is 113 Å². The molecule has 0 amide bonds. The SMILES string of the molecule is C[SH2](C)=Nc1cc(-c2ccccc2F)cc(Cl)n1. The average Bonchev–Trinajstić information content (AvgIpc) is 2.27. The second-order valence-corrected chi connectivity index (χ2v) is 6.58. The van der Waals surface area contributed by atoms with E-state index in [0.29, 0.717) is 22.1 Å². The number of hydrogen-bond donors (Lipinski definition) is 0. The third-order valence-electron chi connectivity index (χ3n) is 2.30. The number of halogens is 2. The summed E-state index contributed by atoms with van der Waals surface area (Å²) in [5, 5.41) is 0.331. The standard InChI is InChI=1S/C13H14ClFN2S/c1-18(2)17-13-8-9(7-12(14)16-13)10-5-3-4-6-11(10)15/h3-8H,18H2,1-2H3. The van der Waals surface area contributed by atoms with Crippen LogP contribution in [-0.2, 0) is 10.7 Å². The maximum atomic E-state index is 13.7. The molecule has 0 saturated carbocycles. The number of hydrogen-bond acceptors (Lipinski definition) is 2. The van der Waals surface area contributed by atoms with Crippen molar-refractivity contribution in [2.24, 2.45) is 4.36 Å². The van der Waals surface area contributed by atoms with Gasteiger partial charge >= 0.3 is 0 Å². The first-order valence-electron chi connectivity index (χ1n) is 5.50. The van der Waals surface area contributed by atoms with E-state index in [1.165, 1.54) is 6.07 Å². The molecule has 0 radical (unpaired) electrons. The summed E-state index contributed by atoms with van der Waals surface area (Å²) in [6.07, 6.45) is 4.10. The van der Waals surface area contributed by atoms with Crippen molar-refractivity contribution < 1.29 is 4.39 Å². The van der Waals surface area contributed by atoms with Crippen molar-refractivity contribution in [2.45, 2.75) is 0 Å². The summed E-state index contributed by atoms with van der Waals surface area (Å²) < 4.78 is 18.1. The highest BCUT2D eigenvalue weighted by Gasteiger charge is 2.07. The summed E-state index contributed by atoms with van der Waals surface area (Å²) in [7, 11) is -0.801. The van der Waals surface area contributed by atoms with Gasteiger partial charge in [0.2, 0.25) is 0 Å². The van der Waals surface area contributed by atoms with E-state index in [2.05, 4.69) is 21.9 Å². The molecule has 1 heterocycles. The topological polar surface area (TPSA) is 25.2 Å². The molecule has 2 aromatic rings. The van der Waals surface area contributed by atoms with E-state index < -0.39 is 10.7 Å². The molecule has 0 fully saturated rings. The summed E-state index contributed by atoms with van der Waals surface area (Å²) in [5.74, 6) is 0.295. The van der Waals surface area contributed by atoms with Gasteiger partial charge < -0.3 is 0 Å². The second-order valence-electron chi connectivity index (χ2n) is 4.08. The zero-order valence-corrected chi connectivity index (χ0v) is 11.9. The van der Waals surface area contributed by atoms with Crippen LogP contribution in [0.25, 0.3) is 11.1 Å². The monoisotopic (exact) mass is 284 g/mol. The van der Waals surface area contributed by atoms with Crippen molar-refractivity contribution in [2.75, 3.05) is 12.5 Å². The van der Waals surface area contributed by atoms with E-state index in [1.54, 1.807) is 30.3 Å². The average molecular weight is 285 g/mol. The summed E-state index contributed by atoms with van der Waals surface area (Å²) in [4.78, 5) is 4.13. The van der Waals surface area contributed by atoms with E-state index in [4.69, 9.17) is 11.6 Å². The highest BCUT2D eigenvalue weighted by molar-refractivity contribution is 7.85. The number of pyridine rings is 1. The molecule has 0 aliphatic carbocycles. The first-order valence-corrected chi connectivity index (χ1v) is 8.33. The maximum Gasteiger partial charge on any atom is 0.158 e. The molecule has 1 aromatic heterocycles. The Bertz CT molecular complexity index is 610. The van der Waals surface area contributed by atoms with Crippen LogP contribution in [0.1, 0.15) is 0 Å². The predicted molar refractivity (Wildman–Crippen MR) is 78.7 cm³/mol. The van der Waals surface area contributed by atoms with E-state index in [1.807, 2.05) is 0 Å². The fourth-order valence-corrected chi connectivity index (χ4v) is 2.40. The molecule has 0 bridgehead atoms. The fourth-order valence-electron chi connectivity index (χ4n) is 1.62. The summed E-state index contributed by atoms with van der Waals surface area (Å²) in [5.41, 5.74) is 1.22. The Morgan fingerprint density at radius 2 is 1.94 bits per heavy atom. The molecule has 0 unspecified atom stereocenters. The van der Waals surface area contributed by atoms with Crippen LogP contribution in [-0.4, -0.2) is 17.5 Å². The molecule has 0 saturated heterocycles. The van der Waals surface area contributed by atoms with Crippen molar-refractivity contribution in [3.63, 3.8) is 0 Å². The molecule has 2 nitrogen and oxygen atoms in total. The van der Waals surface area contributed by atoms with Crippen molar-refractivity contribution in [3.05, 3.63) is 47.4 Å². The Morgan fingerprint density at radius 1 is 1.22 bits per heavy atom. The number of benzene rings is 1. The molecule has 0 N–H and O–H groups in total. The molecule has 0 aliphatic heterocycles. The second kappa shape index (κ2) is 5.59. The first-order chi connectivity index (χ1) is 8.56. The van der Waals surface area contributed by atoms with Crippen LogP contribution < -0.4 is 0 Å². The highest BCUT2D eigenvalue weighted by atomic mass is 35.5. The van der Waals surface area contributed by atoms with Crippen molar-refractivity contribution in [1.29, 1.82) is 0 Å². The van der Waals surface area contributed by atoms with E-state index >= 15 is 0 Å². The van der Waals surface area contributed by atoms with Crippen LogP contribution in [0, 0.1) is 5.82 Å². The maximum absolute atomic E-state index is 13.7. The minimum absolute atomic E-state index is 0.274. The number of nitrogens with zero attached hydrogens (tertiary/aromatic N) is 2. The molecule has 0 aliphatic rings. The minimum Gasteiger partial charge on any atom is -0.231 e. The van der Waals surface area contributed by atoms with Gasteiger partial charge in [0, 0.05) is 5.56 Å². The molecule has 5 heteroatoms. The molecule has 18 heavy (non-hydrogen) atoms. The van der Waals surface area contributed by atoms with Gasteiger partial charge in [0.1, 0.15) is 11.0 Å². The van der Waals surface area contributed by atoms with Crippen LogP contribution in [0.3, 0.4) is 0 Å². The van der Waals surface area contributed by atoms with E-state index in [0.717, 1.165) is 0 Å². The zero-order chi connectivity index (χ0) is 13.1. The van der Waals surface area contributed by atoms with Gasteiger partial charge in [-0.15, -0.1) is 0 Å². The van der Waals surface area contributed by atoms with Crippen LogP contribution in [0.5, 0.6) is 0 Å². The summed E-state index contributed by atoms with van der Waals surface area (Å²) in [6, 6.07) is 10.0. The lowest BCUT2D eigenvalue weighted by Gasteiger charge is -2.05. The van der Waals surface area contributed by atoms with Gasteiger partial charge in [-0.3, -0.25) is 0 Å². The zero-order valence-electron chi connectivity index (χ0n) is 10.1. The summed E-state index contributed by atoms with van der Waals surface area (Å²) >= 11 is 5.95. The van der Waals surface area contributed by atoms with Crippen LogP contribution in [0.4, 0.5) is 10.2 Å². The molecule has 2 rings (SSSR count). The fraction of sp³-hybridized carbons (Fsp3) is 0.154. The van der Waals surface area contributed by atoms with Crippen LogP contribution in [0.15, 0.2) is 40.8 Å². The number of rotatable bonds is 2. The van der Waals surface area contributed by atoms with Crippen LogP contribution in [0.2, 0.25) is 5.15 Å². The summed E-state index contributed by atoms with van der Waals surface area (Å²) in [6.45, 7) is 0. The Kier molecular flexibility index (Phi) is 4.09. The molecule has 96 valence electrons. The lowest BCUT2D eigenvalue weighted by atomic mass is 10.1. The third kappa shape index (κ3) is 3.15. The van der Waals surface area contributed by atoms with Crippen molar-refractivity contribution in [1.82, 2.24) is 4.98 Å². The minimum atomic E-state index is -0.801. The van der Waals surface area contributed by atoms with Gasteiger partial charge in [-0.25, -0.2) is 24.4 Å². The first kappa shape index (κ1) is 13.2. The van der Waals surface area contributed by atoms with Gasteiger partial charge in [0.15, 0.2) is 5.82 Å². The van der Waals surface area contributed by atoms with Gasteiger partial charge in [-0.2, -0.15) is 0 Å².